The Balaban J connectivity index is 3.44. The van der Waals surface area contributed by atoms with E-state index in [1.807, 2.05) is 6.08 Å². The fourth-order valence-electron chi connectivity index (χ4n) is 0.604. The van der Waals surface area contributed by atoms with Gasteiger partial charge in [-0.2, -0.15) is 0 Å². The number of rotatable bonds is 3. The lowest BCUT2D eigenvalue weighted by molar-refractivity contribution is 0.447. The summed E-state index contributed by atoms with van der Waals surface area (Å²) in [7, 11) is 0. The first-order valence-corrected chi connectivity index (χ1v) is 3.34. The topological polar surface area (TPSA) is 0 Å². The summed E-state index contributed by atoms with van der Waals surface area (Å²) in [6.07, 6.45) is 3.28. The highest BCUT2D eigenvalue weighted by atomic mass is 14.1. The molecule has 0 aromatic heterocycles. The third kappa shape index (κ3) is 2.15. The van der Waals surface area contributed by atoms with Crippen LogP contribution in [0.3, 0.4) is 0 Å². The van der Waals surface area contributed by atoms with Gasteiger partial charge in [-0.15, -0.1) is 6.58 Å². The van der Waals surface area contributed by atoms with Crippen molar-refractivity contribution in [1.82, 2.24) is 0 Å². The largest absolute Gasteiger partial charge is 0.103 e. The van der Waals surface area contributed by atoms with Crippen LogP contribution in [-0.4, -0.2) is 0 Å². The van der Waals surface area contributed by atoms with Crippen LogP contribution in [0.1, 0.15) is 27.2 Å². The molecule has 0 spiro atoms. The van der Waals surface area contributed by atoms with Gasteiger partial charge in [-0.3, -0.25) is 0 Å². The SMILES string of the molecule is C=C[C@H](C)[C@@H](C)CC. The second kappa shape index (κ2) is 3.71. The Labute approximate surface area is 52.6 Å². The Morgan fingerprint density at radius 3 is 2.12 bits per heavy atom. The Morgan fingerprint density at radius 2 is 2.00 bits per heavy atom. The van der Waals surface area contributed by atoms with Crippen molar-refractivity contribution >= 4 is 0 Å². The molecule has 0 aliphatic carbocycles. The molecule has 0 radical (unpaired) electrons. The monoisotopic (exact) mass is 112 g/mol. The summed E-state index contributed by atoms with van der Waals surface area (Å²) in [5.41, 5.74) is 0. The minimum Gasteiger partial charge on any atom is -0.103 e. The van der Waals surface area contributed by atoms with E-state index in [4.69, 9.17) is 0 Å². The van der Waals surface area contributed by atoms with Crippen molar-refractivity contribution in [2.75, 3.05) is 0 Å². The summed E-state index contributed by atoms with van der Waals surface area (Å²) >= 11 is 0. The van der Waals surface area contributed by atoms with Gasteiger partial charge in [-0.05, 0) is 11.8 Å². The average molecular weight is 112 g/mol. The van der Waals surface area contributed by atoms with E-state index in [2.05, 4.69) is 27.4 Å². The van der Waals surface area contributed by atoms with Crippen LogP contribution in [0, 0.1) is 11.8 Å². The van der Waals surface area contributed by atoms with E-state index in [1.165, 1.54) is 6.42 Å². The van der Waals surface area contributed by atoms with Crippen LogP contribution >= 0.6 is 0 Å². The van der Waals surface area contributed by atoms with Gasteiger partial charge in [-0.25, -0.2) is 0 Å². The lowest BCUT2D eigenvalue weighted by atomic mass is 9.94. The molecule has 0 aromatic carbocycles. The van der Waals surface area contributed by atoms with Gasteiger partial charge in [0.2, 0.25) is 0 Å². The Kier molecular flexibility index (Phi) is 3.59. The molecule has 0 heterocycles. The fraction of sp³-hybridized carbons (Fsp3) is 0.750. The van der Waals surface area contributed by atoms with E-state index in [0.717, 1.165) is 5.92 Å². The van der Waals surface area contributed by atoms with Crippen molar-refractivity contribution in [2.45, 2.75) is 27.2 Å². The molecule has 0 rings (SSSR count). The van der Waals surface area contributed by atoms with Gasteiger partial charge in [0.25, 0.3) is 0 Å². The predicted molar refractivity (Wildman–Crippen MR) is 38.8 cm³/mol. The zero-order valence-electron chi connectivity index (χ0n) is 6.15. The molecule has 48 valence electrons. The third-order valence-corrected chi connectivity index (χ3v) is 1.91. The van der Waals surface area contributed by atoms with Crippen molar-refractivity contribution in [3.05, 3.63) is 12.7 Å². The molecule has 0 bridgehead atoms. The first-order chi connectivity index (χ1) is 3.72. The smallest absolute Gasteiger partial charge is 0.0239 e. The molecule has 0 saturated heterocycles. The van der Waals surface area contributed by atoms with Gasteiger partial charge in [0.05, 0.1) is 0 Å². The minimum atomic E-state index is 0.681. The second-order valence-corrected chi connectivity index (χ2v) is 2.48. The average Bonchev–Trinajstić information content (AvgIpc) is 1.84. The second-order valence-electron chi connectivity index (χ2n) is 2.48. The van der Waals surface area contributed by atoms with Crippen LogP contribution in [0.5, 0.6) is 0 Å². The summed E-state index contributed by atoms with van der Waals surface area (Å²) in [6, 6.07) is 0. The molecule has 0 amide bonds. The molecule has 2 atom stereocenters. The molecule has 0 unspecified atom stereocenters. The van der Waals surface area contributed by atoms with E-state index in [0.29, 0.717) is 5.92 Å². The van der Waals surface area contributed by atoms with Gasteiger partial charge >= 0.3 is 0 Å². The lowest BCUT2D eigenvalue weighted by Crippen LogP contribution is -2.01. The van der Waals surface area contributed by atoms with Gasteiger partial charge in [0, 0.05) is 0 Å². The summed E-state index contributed by atoms with van der Waals surface area (Å²) in [6.45, 7) is 10.4. The van der Waals surface area contributed by atoms with Gasteiger partial charge in [0.1, 0.15) is 0 Å². The van der Waals surface area contributed by atoms with E-state index < -0.39 is 0 Å². The van der Waals surface area contributed by atoms with Crippen molar-refractivity contribution in [1.29, 1.82) is 0 Å². The molecule has 0 saturated carbocycles. The number of hydrogen-bond acceptors (Lipinski definition) is 0. The molecule has 0 nitrogen and oxygen atoms in total. The van der Waals surface area contributed by atoms with Gasteiger partial charge in [0.15, 0.2) is 0 Å². The zero-order valence-corrected chi connectivity index (χ0v) is 6.15. The van der Waals surface area contributed by atoms with Crippen molar-refractivity contribution in [2.24, 2.45) is 11.8 Å². The van der Waals surface area contributed by atoms with Gasteiger partial charge < -0.3 is 0 Å². The standard InChI is InChI=1S/C8H16/c1-5-7(3)8(4)6-2/h5,7-8H,1,6H2,2-4H3/t7-,8-/m0/s1. The summed E-state index contributed by atoms with van der Waals surface area (Å²) < 4.78 is 0. The Hall–Kier alpha value is -0.260. The highest BCUT2D eigenvalue weighted by Gasteiger charge is 2.03. The normalized spacial score (nSPS) is 17.4. The van der Waals surface area contributed by atoms with Crippen molar-refractivity contribution < 1.29 is 0 Å². The summed E-state index contributed by atoms with van der Waals surface area (Å²) in [5.74, 6) is 1.48. The number of allylic oxidation sites excluding steroid dienone is 1. The zero-order chi connectivity index (χ0) is 6.57. The highest BCUT2D eigenvalue weighted by molar-refractivity contribution is 4.78. The molecular weight excluding hydrogens is 96.1 g/mol. The molecule has 0 aliphatic heterocycles. The molecule has 0 aliphatic rings. The van der Waals surface area contributed by atoms with Crippen LogP contribution in [0.25, 0.3) is 0 Å². The molecular formula is C8H16. The third-order valence-electron chi connectivity index (χ3n) is 1.91. The first-order valence-electron chi connectivity index (χ1n) is 3.34. The first kappa shape index (κ1) is 7.74. The van der Waals surface area contributed by atoms with Gasteiger partial charge in [-0.1, -0.05) is 33.3 Å². The summed E-state index contributed by atoms with van der Waals surface area (Å²) in [5, 5.41) is 0. The van der Waals surface area contributed by atoms with E-state index >= 15 is 0 Å². The Bertz CT molecular complexity index is 64.4. The van der Waals surface area contributed by atoms with Crippen molar-refractivity contribution in [3.8, 4) is 0 Å². The minimum absolute atomic E-state index is 0.681. The maximum atomic E-state index is 3.73. The quantitative estimate of drug-likeness (QED) is 0.492. The summed E-state index contributed by atoms with van der Waals surface area (Å²) in [4.78, 5) is 0. The fourth-order valence-corrected chi connectivity index (χ4v) is 0.604. The van der Waals surface area contributed by atoms with Crippen LogP contribution in [-0.2, 0) is 0 Å². The molecule has 0 aromatic rings. The van der Waals surface area contributed by atoms with Crippen LogP contribution in [0.2, 0.25) is 0 Å². The molecule has 8 heavy (non-hydrogen) atoms. The van der Waals surface area contributed by atoms with E-state index in [9.17, 15) is 0 Å². The number of hydrogen-bond donors (Lipinski definition) is 0. The van der Waals surface area contributed by atoms with Crippen LogP contribution < -0.4 is 0 Å². The van der Waals surface area contributed by atoms with Crippen LogP contribution in [0.15, 0.2) is 12.7 Å². The molecule has 0 heteroatoms. The lowest BCUT2D eigenvalue weighted by Gasteiger charge is -2.12. The van der Waals surface area contributed by atoms with E-state index in [1.54, 1.807) is 0 Å². The van der Waals surface area contributed by atoms with Crippen LogP contribution in [0.4, 0.5) is 0 Å². The molecule has 0 fully saturated rings. The maximum absolute atomic E-state index is 3.73. The Morgan fingerprint density at radius 1 is 1.50 bits per heavy atom. The highest BCUT2D eigenvalue weighted by Crippen LogP contribution is 2.13. The predicted octanol–water partition coefficient (Wildman–Crippen LogP) is 2.85. The molecule has 0 N–H and O–H groups in total. The van der Waals surface area contributed by atoms with Crippen molar-refractivity contribution in [3.63, 3.8) is 0 Å². The van der Waals surface area contributed by atoms with E-state index in [-0.39, 0.29) is 0 Å². The maximum Gasteiger partial charge on any atom is -0.0239 e.